The zero-order valence-electron chi connectivity index (χ0n) is 10.6. The molecule has 0 saturated heterocycles. The summed E-state index contributed by atoms with van der Waals surface area (Å²) in [7, 11) is 0. The summed E-state index contributed by atoms with van der Waals surface area (Å²) in [6.07, 6.45) is 0.603. The Kier molecular flexibility index (Phi) is 6.38. The highest BCUT2D eigenvalue weighted by molar-refractivity contribution is 5.77. The predicted octanol–water partition coefficient (Wildman–Crippen LogP) is 1.30. The summed E-state index contributed by atoms with van der Waals surface area (Å²) in [6, 6.07) is -1.13. The van der Waals surface area contributed by atoms with Gasteiger partial charge in [-0.05, 0) is 12.8 Å². The standard InChI is InChI=1S/C11H19NO5/c1-5-17-11(14)10(8(4)12(15)16)9(6-13)7(2)3/h6-10H,5H2,1-4H3/t8-,9-,10+/m1/s1. The Balaban J connectivity index is 5.14. The normalized spacial score (nSPS) is 16.1. The lowest BCUT2D eigenvalue weighted by atomic mass is 9.80. The maximum atomic E-state index is 11.7. The first-order valence-corrected chi connectivity index (χ1v) is 5.62. The van der Waals surface area contributed by atoms with Gasteiger partial charge in [-0.3, -0.25) is 14.9 Å². The molecule has 0 aromatic heterocycles. The highest BCUT2D eigenvalue weighted by Crippen LogP contribution is 2.25. The van der Waals surface area contributed by atoms with Gasteiger partial charge in [0, 0.05) is 17.8 Å². The van der Waals surface area contributed by atoms with Crippen LogP contribution >= 0.6 is 0 Å². The SMILES string of the molecule is CCOC(=O)[C@H]([C@H](C=O)C(C)C)[C@@H](C)[N+](=O)[O-]. The van der Waals surface area contributed by atoms with Gasteiger partial charge in [-0.15, -0.1) is 0 Å². The number of carbonyl (C=O) groups excluding carboxylic acids is 2. The maximum absolute atomic E-state index is 11.7. The molecule has 0 heterocycles. The summed E-state index contributed by atoms with van der Waals surface area (Å²) in [5.74, 6) is -2.55. The van der Waals surface area contributed by atoms with Gasteiger partial charge in [0.2, 0.25) is 6.04 Å². The van der Waals surface area contributed by atoms with Crippen LogP contribution in [-0.2, 0) is 14.3 Å². The number of nitrogens with zero attached hydrogens (tertiary/aromatic N) is 1. The van der Waals surface area contributed by atoms with Crippen LogP contribution in [0.3, 0.4) is 0 Å². The molecule has 0 aromatic rings. The van der Waals surface area contributed by atoms with E-state index >= 15 is 0 Å². The van der Waals surface area contributed by atoms with E-state index in [-0.39, 0.29) is 12.5 Å². The Morgan fingerprint density at radius 3 is 2.24 bits per heavy atom. The maximum Gasteiger partial charge on any atom is 0.316 e. The molecule has 0 aliphatic rings. The van der Waals surface area contributed by atoms with E-state index in [9.17, 15) is 19.7 Å². The largest absolute Gasteiger partial charge is 0.466 e. The van der Waals surface area contributed by atoms with Crippen molar-refractivity contribution in [3.05, 3.63) is 10.1 Å². The molecule has 0 unspecified atom stereocenters. The van der Waals surface area contributed by atoms with Crippen LogP contribution in [0, 0.1) is 27.9 Å². The van der Waals surface area contributed by atoms with Gasteiger partial charge in [0.1, 0.15) is 12.2 Å². The molecule has 0 saturated carbocycles. The summed E-state index contributed by atoms with van der Waals surface area (Å²) in [5.41, 5.74) is 0. The molecule has 0 aliphatic carbocycles. The number of ether oxygens (including phenoxy) is 1. The molecule has 0 rings (SSSR count). The van der Waals surface area contributed by atoms with Gasteiger partial charge in [-0.2, -0.15) is 0 Å². The Morgan fingerprint density at radius 2 is 1.94 bits per heavy atom. The molecule has 17 heavy (non-hydrogen) atoms. The van der Waals surface area contributed by atoms with Crippen molar-refractivity contribution in [1.29, 1.82) is 0 Å². The highest BCUT2D eigenvalue weighted by atomic mass is 16.6. The monoisotopic (exact) mass is 245 g/mol. The van der Waals surface area contributed by atoms with E-state index in [4.69, 9.17) is 4.74 Å². The molecule has 0 aromatic carbocycles. The van der Waals surface area contributed by atoms with Gasteiger partial charge in [-0.1, -0.05) is 13.8 Å². The third-order valence-corrected chi connectivity index (χ3v) is 2.75. The van der Waals surface area contributed by atoms with Crippen molar-refractivity contribution in [3.8, 4) is 0 Å². The Morgan fingerprint density at radius 1 is 1.41 bits per heavy atom. The summed E-state index contributed by atoms with van der Waals surface area (Å²) < 4.78 is 4.81. The molecule has 98 valence electrons. The van der Waals surface area contributed by atoms with Crippen LogP contribution in [0.5, 0.6) is 0 Å². The molecule has 3 atom stereocenters. The van der Waals surface area contributed by atoms with Gasteiger partial charge in [0.25, 0.3) is 0 Å². The van der Waals surface area contributed by atoms with E-state index in [1.165, 1.54) is 6.92 Å². The fraction of sp³-hybridized carbons (Fsp3) is 0.818. The Bertz CT molecular complexity index is 290. The minimum absolute atomic E-state index is 0.142. The second-order valence-corrected chi connectivity index (χ2v) is 4.26. The fourth-order valence-corrected chi connectivity index (χ4v) is 1.70. The van der Waals surface area contributed by atoms with Gasteiger partial charge in [0.15, 0.2) is 0 Å². The highest BCUT2D eigenvalue weighted by Gasteiger charge is 2.42. The second kappa shape index (κ2) is 6.98. The van der Waals surface area contributed by atoms with E-state index in [2.05, 4.69) is 0 Å². The first kappa shape index (κ1) is 15.5. The molecule has 0 bridgehead atoms. The van der Waals surface area contributed by atoms with Crippen LogP contribution in [-0.4, -0.2) is 29.8 Å². The lowest BCUT2D eigenvalue weighted by Gasteiger charge is -2.24. The van der Waals surface area contributed by atoms with Crippen molar-refractivity contribution < 1.29 is 19.2 Å². The number of aldehydes is 1. The summed E-state index contributed by atoms with van der Waals surface area (Å²) >= 11 is 0. The first-order chi connectivity index (χ1) is 7.86. The van der Waals surface area contributed by atoms with Crippen LogP contribution < -0.4 is 0 Å². The molecule has 0 spiro atoms. The van der Waals surface area contributed by atoms with E-state index in [0.29, 0.717) is 6.29 Å². The minimum atomic E-state index is -1.13. The fourth-order valence-electron chi connectivity index (χ4n) is 1.70. The van der Waals surface area contributed by atoms with Crippen LogP contribution in [0.15, 0.2) is 0 Å². The molecule has 0 fully saturated rings. The van der Waals surface area contributed by atoms with Crippen LogP contribution in [0.25, 0.3) is 0 Å². The number of carbonyl (C=O) groups is 2. The van der Waals surface area contributed by atoms with Crippen LogP contribution in [0.4, 0.5) is 0 Å². The number of nitro groups is 1. The molecular weight excluding hydrogens is 226 g/mol. The van der Waals surface area contributed by atoms with Gasteiger partial charge < -0.3 is 9.53 Å². The predicted molar refractivity (Wildman–Crippen MR) is 61.0 cm³/mol. The van der Waals surface area contributed by atoms with E-state index in [1.54, 1.807) is 20.8 Å². The third kappa shape index (κ3) is 4.13. The second-order valence-electron chi connectivity index (χ2n) is 4.26. The molecular formula is C11H19NO5. The lowest BCUT2D eigenvalue weighted by Crippen LogP contribution is -2.41. The number of hydrogen-bond donors (Lipinski definition) is 0. The quantitative estimate of drug-likeness (QED) is 0.292. The van der Waals surface area contributed by atoms with Gasteiger partial charge in [0.05, 0.1) is 6.61 Å². The minimum Gasteiger partial charge on any atom is -0.466 e. The van der Waals surface area contributed by atoms with Crippen molar-refractivity contribution in [2.45, 2.75) is 33.7 Å². The van der Waals surface area contributed by atoms with Crippen molar-refractivity contribution in [1.82, 2.24) is 0 Å². The van der Waals surface area contributed by atoms with Gasteiger partial charge in [-0.25, -0.2) is 0 Å². The van der Waals surface area contributed by atoms with Gasteiger partial charge >= 0.3 is 5.97 Å². The Labute approximate surface area is 100 Å². The molecule has 6 heteroatoms. The first-order valence-electron chi connectivity index (χ1n) is 5.62. The van der Waals surface area contributed by atoms with Crippen molar-refractivity contribution >= 4 is 12.3 Å². The number of hydrogen-bond acceptors (Lipinski definition) is 5. The average molecular weight is 245 g/mol. The summed E-state index contributed by atoms with van der Waals surface area (Å²) in [5, 5.41) is 10.8. The lowest BCUT2D eigenvalue weighted by molar-refractivity contribution is -0.526. The average Bonchev–Trinajstić information content (AvgIpc) is 2.24. The summed E-state index contributed by atoms with van der Waals surface area (Å²) in [4.78, 5) is 32.9. The smallest absolute Gasteiger partial charge is 0.316 e. The van der Waals surface area contributed by atoms with E-state index < -0.39 is 28.8 Å². The van der Waals surface area contributed by atoms with Crippen LogP contribution in [0.1, 0.15) is 27.7 Å². The van der Waals surface area contributed by atoms with Crippen LogP contribution in [0.2, 0.25) is 0 Å². The topological polar surface area (TPSA) is 86.5 Å². The van der Waals surface area contributed by atoms with Crippen molar-refractivity contribution in [2.75, 3.05) is 6.61 Å². The zero-order chi connectivity index (χ0) is 13.6. The number of esters is 1. The zero-order valence-corrected chi connectivity index (χ0v) is 10.6. The van der Waals surface area contributed by atoms with E-state index in [0.717, 1.165) is 0 Å². The molecule has 0 amide bonds. The molecule has 0 N–H and O–H groups in total. The van der Waals surface area contributed by atoms with Crippen molar-refractivity contribution in [2.24, 2.45) is 17.8 Å². The molecule has 6 nitrogen and oxygen atoms in total. The van der Waals surface area contributed by atoms with E-state index in [1.807, 2.05) is 0 Å². The number of rotatable bonds is 7. The van der Waals surface area contributed by atoms with Crippen molar-refractivity contribution in [3.63, 3.8) is 0 Å². The Hall–Kier alpha value is -1.46. The molecule has 0 radical (unpaired) electrons. The molecule has 0 aliphatic heterocycles. The summed E-state index contributed by atoms with van der Waals surface area (Å²) in [6.45, 7) is 6.58. The third-order valence-electron chi connectivity index (χ3n) is 2.75.